The van der Waals surface area contributed by atoms with E-state index in [0.717, 1.165) is 28.6 Å². The number of hydrogen-bond acceptors (Lipinski definition) is 4. The van der Waals surface area contributed by atoms with Gasteiger partial charge in [0.25, 0.3) is 0 Å². The molecule has 0 bridgehead atoms. The lowest BCUT2D eigenvalue weighted by atomic mass is 10.0. The fourth-order valence-corrected chi connectivity index (χ4v) is 2.52. The number of ether oxygens (including phenoxy) is 1. The SMILES string of the molecule is CCc1nnc(Oc2cccc(Br)c2)c(C(=N)N)c1CC. The number of rotatable bonds is 5. The van der Waals surface area contributed by atoms with Crippen molar-refractivity contribution in [2.24, 2.45) is 5.73 Å². The molecule has 0 aliphatic carbocycles. The van der Waals surface area contributed by atoms with Crippen LogP contribution in [0.1, 0.15) is 30.7 Å². The van der Waals surface area contributed by atoms with Crippen LogP contribution in [0.5, 0.6) is 11.6 Å². The Hall–Kier alpha value is -1.95. The molecule has 1 aromatic heterocycles. The van der Waals surface area contributed by atoms with E-state index in [4.69, 9.17) is 15.9 Å². The fraction of sp³-hybridized carbons (Fsp3) is 0.267. The standard InChI is InChI=1S/C15H17BrN4O/c1-3-11-12(4-2)19-20-15(13(11)14(17)18)21-10-7-5-6-9(16)8-10/h5-8H,3-4H2,1-2H3,(H3,17,18). The van der Waals surface area contributed by atoms with Gasteiger partial charge in [-0.25, -0.2) is 0 Å². The molecule has 0 unspecified atom stereocenters. The highest BCUT2D eigenvalue weighted by molar-refractivity contribution is 9.10. The summed E-state index contributed by atoms with van der Waals surface area (Å²) in [4.78, 5) is 0. The molecule has 0 aliphatic rings. The van der Waals surface area contributed by atoms with E-state index in [-0.39, 0.29) is 11.7 Å². The second-order valence-electron chi connectivity index (χ2n) is 4.49. The van der Waals surface area contributed by atoms with Gasteiger partial charge in [0.15, 0.2) is 0 Å². The second-order valence-corrected chi connectivity index (χ2v) is 5.40. The highest BCUT2D eigenvalue weighted by Crippen LogP contribution is 2.28. The van der Waals surface area contributed by atoms with Gasteiger partial charge >= 0.3 is 0 Å². The first-order chi connectivity index (χ1) is 10.1. The van der Waals surface area contributed by atoms with Crippen molar-refractivity contribution in [1.82, 2.24) is 10.2 Å². The summed E-state index contributed by atoms with van der Waals surface area (Å²) >= 11 is 3.39. The lowest BCUT2D eigenvalue weighted by Gasteiger charge is -2.14. The number of nitrogens with one attached hydrogen (secondary N) is 1. The number of aryl methyl sites for hydroxylation is 1. The van der Waals surface area contributed by atoms with Gasteiger partial charge < -0.3 is 10.5 Å². The molecule has 0 atom stereocenters. The van der Waals surface area contributed by atoms with E-state index in [0.29, 0.717) is 11.3 Å². The van der Waals surface area contributed by atoms with Crippen molar-refractivity contribution in [1.29, 1.82) is 5.41 Å². The highest BCUT2D eigenvalue weighted by atomic mass is 79.9. The van der Waals surface area contributed by atoms with Crippen molar-refractivity contribution >= 4 is 21.8 Å². The highest BCUT2D eigenvalue weighted by Gasteiger charge is 2.18. The Kier molecular flexibility index (Phi) is 4.90. The summed E-state index contributed by atoms with van der Waals surface area (Å²) in [5.41, 5.74) is 8.03. The van der Waals surface area contributed by atoms with Crippen molar-refractivity contribution in [3.8, 4) is 11.6 Å². The summed E-state index contributed by atoms with van der Waals surface area (Å²) in [5.74, 6) is 0.837. The van der Waals surface area contributed by atoms with Crippen LogP contribution in [0.4, 0.5) is 0 Å². The van der Waals surface area contributed by atoms with Gasteiger partial charge in [0.1, 0.15) is 11.6 Å². The summed E-state index contributed by atoms with van der Waals surface area (Å²) in [7, 11) is 0. The summed E-state index contributed by atoms with van der Waals surface area (Å²) in [6.45, 7) is 4.01. The van der Waals surface area contributed by atoms with E-state index in [9.17, 15) is 0 Å². The first-order valence-electron chi connectivity index (χ1n) is 6.73. The topological polar surface area (TPSA) is 84.9 Å². The molecule has 0 radical (unpaired) electrons. The molecular weight excluding hydrogens is 332 g/mol. The minimum atomic E-state index is -0.0542. The molecule has 5 nitrogen and oxygen atoms in total. The maximum absolute atomic E-state index is 7.82. The predicted molar refractivity (Wildman–Crippen MR) is 86.0 cm³/mol. The number of nitrogens with zero attached hydrogens (tertiary/aromatic N) is 2. The quantitative estimate of drug-likeness (QED) is 0.640. The van der Waals surface area contributed by atoms with Gasteiger partial charge in [-0.15, -0.1) is 5.10 Å². The third kappa shape index (κ3) is 3.39. The summed E-state index contributed by atoms with van der Waals surface area (Å²) in [6.07, 6.45) is 1.47. The fourth-order valence-electron chi connectivity index (χ4n) is 2.15. The van der Waals surface area contributed by atoms with Crippen LogP contribution in [0.3, 0.4) is 0 Å². The lowest BCUT2D eigenvalue weighted by Crippen LogP contribution is -2.18. The molecule has 3 N–H and O–H groups in total. The van der Waals surface area contributed by atoms with Crippen molar-refractivity contribution in [2.45, 2.75) is 26.7 Å². The molecule has 2 aromatic rings. The van der Waals surface area contributed by atoms with Crippen LogP contribution in [0, 0.1) is 5.41 Å². The van der Waals surface area contributed by atoms with Crippen LogP contribution in [-0.2, 0) is 12.8 Å². The zero-order valence-electron chi connectivity index (χ0n) is 12.0. The maximum atomic E-state index is 7.82. The second kappa shape index (κ2) is 6.67. The lowest BCUT2D eigenvalue weighted by molar-refractivity contribution is 0.451. The summed E-state index contributed by atoms with van der Waals surface area (Å²) < 4.78 is 6.67. The number of nitrogens with two attached hydrogens (primary N) is 1. The van der Waals surface area contributed by atoms with Crippen molar-refractivity contribution < 1.29 is 4.74 Å². The third-order valence-electron chi connectivity index (χ3n) is 3.09. The Balaban J connectivity index is 2.50. The molecule has 2 rings (SSSR count). The molecule has 0 spiro atoms. The van der Waals surface area contributed by atoms with Crippen LogP contribution in [0.2, 0.25) is 0 Å². The van der Waals surface area contributed by atoms with Gasteiger partial charge in [0.2, 0.25) is 5.88 Å². The monoisotopic (exact) mass is 348 g/mol. The molecule has 1 heterocycles. The Morgan fingerprint density at radius 2 is 2.05 bits per heavy atom. The van der Waals surface area contributed by atoms with Gasteiger partial charge in [-0.05, 0) is 36.6 Å². The van der Waals surface area contributed by atoms with E-state index in [1.54, 1.807) is 0 Å². The normalized spacial score (nSPS) is 10.4. The van der Waals surface area contributed by atoms with Crippen molar-refractivity contribution in [3.63, 3.8) is 0 Å². The van der Waals surface area contributed by atoms with E-state index >= 15 is 0 Å². The first-order valence-corrected chi connectivity index (χ1v) is 7.52. The Labute approximate surface area is 132 Å². The van der Waals surface area contributed by atoms with Crippen LogP contribution >= 0.6 is 15.9 Å². The molecule has 21 heavy (non-hydrogen) atoms. The van der Waals surface area contributed by atoms with E-state index < -0.39 is 0 Å². The minimum Gasteiger partial charge on any atom is -0.437 e. The molecular formula is C15H17BrN4O. The maximum Gasteiger partial charge on any atom is 0.250 e. The van der Waals surface area contributed by atoms with Crippen molar-refractivity contribution in [3.05, 3.63) is 45.6 Å². The van der Waals surface area contributed by atoms with E-state index in [1.165, 1.54) is 0 Å². The van der Waals surface area contributed by atoms with Gasteiger partial charge in [0, 0.05) is 4.47 Å². The zero-order chi connectivity index (χ0) is 15.4. The molecule has 0 aliphatic heterocycles. The Bertz CT molecular complexity index is 673. The molecule has 6 heteroatoms. The van der Waals surface area contributed by atoms with Gasteiger partial charge in [-0.2, -0.15) is 5.10 Å². The molecule has 110 valence electrons. The number of aromatic nitrogens is 2. The van der Waals surface area contributed by atoms with Crippen molar-refractivity contribution in [2.75, 3.05) is 0 Å². The van der Waals surface area contributed by atoms with Crippen LogP contribution in [-0.4, -0.2) is 16.0 Å². The van der Waals surface area contributed by atoms with Gasteiger partial charge in [0.05, 0.1) is 11.3 Å². The van der Waals surface area contributed by atoms with Gasteiger partial charge in [-0.3, -0.25) is 5.41 Å². The molecule has 0 fully saturated rings. The number of nitrogen functional groups attached to an aromatic ring is 1. The Morgan fingerprint density at radius 3 is 2.62 bits per heavy atom. The number of amidine groups is 1. The van der Waals surface area contributed by atoms with Crippen LogP contribution in [0.15, 0.2) is 28.7 Å². The Morgan fingerprint density at radius 1 is 1.29 bits per heavy atom. The largest absolute Gasteiger partial charge is 0.437 e. The molecule has 0 amide bonds. The zero-order valence-corrected chi connectivity index (χ0v) is 13.6. The van der Waals surface area contributed by atoms with Crippen LogP contribution < -0.4 is 10.5 Å². The molecule has 0 saturated carbocycles. The molecule has 1 aromatic carbocycles. The summed E-state index contributed by atoms with van der Waals surface area (Å²) in [6, 6.07) is 7.41. The van der Waals surface area contributed by atoms with E-state index in [2.05, 4.69) is 26.1 Å². The van der Waals surface area contributed by atoms with Crippen LogP contribution in [0.25, 0.3) is 0 Å². The minimum absolute atomic E-state index is 0.0542. The number of benzene rings is 1. The first kappa shape index (κ1) is 15.4. The third-order valence-corrected chi connectivity index (χ3v) is 3.59. The smallest absolute Gasteiger partial charge is 0.250 e. The number of hydrogen-bond donors (Lipinski definition) is 2. The predicted octanol–water partition coefficient (Wildman–Crippen LogP) is 3.44. The molecule has 0 saturated heterocycles. The summed E-state index contributed by atoms with van der Waals surface area (Å²) in [5, 5.41) is 16.1. The van der Waals surface area contributed by atoms with E-state index in [1.807, 2.05) is 38.1 Å². The number of halogens is 1. The average Bonchev–Trinajstić information content (AvgIpc) is 2.46. The van der Waals surface area contributed by atoms with Gasteiger partial charge in [-0.1, -0.05) is 35.8 Å². The average molecular weight is 349 g/mol.